The molecule has 2 bridgehead atoms. The number of piperidine rings is 1. The first-order valence-corrected chi connectivity index (χ1v) is 11.7. The summed E-state index contributed by atoms with van der Waals surface area (Å²) in [4.78, 5) is 7.53. The van der Waals surface area contributed by atoms with Gasteiger partial charge < -0.3 is 14.9 Å². The molecular formula is C27H30N2O3. The zero-order chi connectivity index (χ0) is 21.9. The van der Waals surface area contributed by atoms with E-state index in [0.29, 0.717) is 12.8 Å². The van der Waals surface area contributed by atoms with Crippen LogP contribution in [-0.2, 0) is 29.4 Å². The molecule has 3 atom stereocenters. The SMILES string of the molecule is COCCCN1CC[C@]23Cc4nc5ccccc5cc4C[C@@]2(O)[C@H]1Cc1ccc(O)cc13. The summed E-state index contributed by atoms with van der Waals surface area (Å²) in [5.74, 6) is 0.277. The van der Waals surface area contributed by atoms with Crippen molar-refractivity contribution in [2.24, 2.45) is 0 Å². The third kappa shape index (κ3) is 2.78. The van der Waals surface area contributed by atoms with Crippen molar-refractivity contribution in [2.75, 3.05) is 26.8 Å². The molecule has 0 saturated carbocycles. The highest BCUT2D eigenvalue weighted by Crippen LogP contribution is 2.57. The van der Waals surface area contributed by atoms with E-state index < -0.39 is 11.0 Å². The van der Waals surface area contributed by atoms with Gasteiger partial charge in [-0.05, 0) is 66.8 Å². The first-order valence-electron chi connectivity index (χ1n) is 11.7. The van der Waals surface area contributed by atoms with Crippen molar-refractivity contribution >= 4 is 10.9 Å². The van der Waals surface area contributed by atoms with Gasteiger partial charge in [-0.2, -0.15) is 0 Å². The topological polar surface area (TPSA) is 65.8 Å². The van der Waals surface area contributed by atoms with E-state index in [9.17, 15) is 10.2 Å². The lowest BCUT2D eigenvalue weighted by Crippen LogP contribution is -2.74. The highest BCUT2D eigenvalue weighted by Gasteiger charge is 2.64. The Morgan fingerprint density at radius 1 is 1.12 bits per heavy atom. The molecule has 32 heavy (non-hydrogen) atoms. The van der Waals surface area contributed by atoms with Crippen molar-refractivity contribution < 1.29 is 14.9 Å². The average Bonchev–Trinajstić information content (AvgIpc) is 2.78. The van der Waals surface area contributed by atoms with Gasteiger partial charge in [0.2, 0.25) is 0 Å². The minimum Gasteiger partial charge on any atom is -0.508 e. The van der Waals surface area contributed by atoms with E-state index in [1.54, 1.807) is 13.2 Å². The predicted octanol–water partition coefficient (Wildman–Crippen LogP) is 3.38. The van der Waals surface area contributed by atoms with Gasteiger partial charge in [0.15, 0.2) is 0 Å². The summed E-state index contributed by atoms with van der Waals surface area (Å²) in [5.41, 5.74) is 4.31. The average molecular weight is 431 g/mol. The lowest BCUT2D eigenvalue weighted by atomic mass is 9.49. The van der Waals surface area contributed by atoms with Gasteiger partial charge in [-0.25, -0.2) is 0 Å². The van der Waals surface area contributed by atoms with Gasteiger partial charge in [0.1, 0.15) is 5.75 Å². The van der Waals surface area contributed by atoms with Gasteiger partial charge in [0.25, 0.3) is 0 Å². The Hall–Kier alpha value is -2.47. The second-order valence-corrected chi connectivity index (χ2v) is 9.84. The van der Waals surface area contributed by atoms with E-state index in [2.05, 4.69) is 29.2 Å². The van der Waals surface area contributed by atoms with Gasteiger partial charge in [-0.3, -0.25) is 9.88 Å². The zero-order valence-corrected chi connectivity index (χ0v) is 18.6. The number of likely N-dealkylation sites (tertiary alicyclic amines) is 1. The monoisotopic (exact) mass is 430 g/mol. The number of methoxy groups -OCH3 is 1. The molecular weight excluding hydrogens is 400 g/mol. The smallest absolute Gasteiger partial charge is 0.115 e. The van der Waals surface area contributed by atoms with Crippen molar-refractivity contribution in [3.05, 3.63) is 70.9 Å². The normalized spacial score (nSPS) is 28.8. The van der Waals surface area contributed by atoms with E-state index in [-0.39, 0.29) is 11.8 Å². The molecule has 2 heterocycles. The minimum absolute atomic E-state index is 0.0461. The first kappa shape index (κ1) is 20.2. The van der Waals surface area contributed by atoms with Gasteiger partial charge in [-0.1, -0.05) is 24.3 Å². The van der Waals surface area contributed by atoms with Gasteiger partial charge in [-0.15, -0.1) is 0 Å². The number of fused-ring (bicyclic) bond motifs is 3. The fourth-order valence-corrected chi connectivity index (χ4v) is 6.78. The molecule has 3 aromatic rings. The van der Waals surface area contributed by atoms with Crippen LogP contribution in [0.15, 0.2) is 48.5 Å². The number of hydrogen-bond donors (Lipinski definition) is 2. The van der Waals surface area contributed by atoms with Crippen LogP contribution in [0.1, 0.15) is 35.2 Å². The fraction of sp³-hybridized carbons (Fsp3) is 0.444. The molecule has 0 unspecified atom stereocenters. The van der Waals surface area contributed by atoms with E-state index in [1.807, 2.05) is 18.2 Å². The highest BCUT2D eigenvalue weighted by atomic mass is 16.5. The molecule has 3 aliphatic rings. The van der Waals surface area contributed by atoms with Crippen LogP contribution in [0.2, 0.25) is 0 Å². The lowest BCUT2D eigenvalue weighted by Gasteiger charge is -2.63. The van der Waals surface area contributed by atoms with E-state index >= 15 is 0 Å². The predicted molar refractivity (Wildman–Crippen MR) is 124 cm³/mol. The number of aromatic hydroxyl groups is 1. The molecule has 0 amide bonds. The summed E-state index contributed by atoms with van der Waals surface area (Å²) in [6.45, 7) is 2.60. The molecule has 2 N–H and O–H groups in total. The maximum atomic E-state index is 12.6. The highest BCUT2D eigenvalue weighted by molar-refractivity contribution is 5.79. The standard InChI is InChI=1S/C27H30N2O3/c1-32-12-4-10-29-11-9-26-17-24-20(13-19-5-2-3-6-23(19)28-24)16-27(26,31)25(29)14-18-7-8-21(30)15-22(18)26/h2-3,5-8,13,15,25,30-31H,4,9-12,14,16-17H2,1H3/t25-,26-,27-/m1/s1. The second kappa shape index (κ2) is 7.27. The number of phenolic OH excluding ortho intramolecular Hbond substituents is 1. The summed E-state index contributed by atoms with van der Waals surface area (Å²) in [6, 6.07) is 16.3. The largest absolute Gasteiger partial charge is 0.508 e. The molecule has 1 saturated heterocycles. The molecule has 0 radical (unpaired) electrons. The number of aromatic nitrogens is 1. The molecule has 5 nitrogen and oxygen atoms in total. The van der Waals surface area contributed by atoms with E-state index in [4.69, 9.17) is 9.72 Å². The Labute approximate surface area is 188 Å². The molecule has 2 aliphatic carbocycles. The molecule has 6 rings (SSSR count). The summed E-state index contributed by atoms with van der Waals surface area (Å²) >= 11 is 0. The Morgan fingerprint density at radius 2 is 2.00 bits per heavy atom. The van der Waals surface area contributed by atoms with Crippen LogP contribution in [0.4, 0.5) is 0 Å². The second-order valence-electron chi connectivity index (χ2n) is 9.84. The van der Waals surface area contributed by atoms with Gasteiger partial charge in [0.05, 0.1) is 11.1 Å². The van der Waals surface area contributed by atoms with E-state index in [0.717, 1.165) is 66.7 Å². The van der Waals surface area contributed by atoms with E-state index in [1.165, 1.54) is 5.56 Å². The number of nitrogens with zero attached hydrogens (tertiary/aromatic N) is 2. The molecule has 2 aromatic carbocycles. The number of rotatable bonds is 4. The van der Waals surface area contributed by atoms with Crippen LogP contribution in [0, 0.1) is 0 Å². The minimum atomic E-state index is -0.893. The van der Waals surface area contributed by atoms with Crippen LogP contribution in [-0.4, -0.2) is 58.5 Å². The Balaban J connectivity index is 1.51. The molecule has 1 aliphatic heterocycles. The Kier molecular flexibility index (Phi) is 4.58. The summed E-state index contributed by atoms with van der Waals surface area (Å²) in [7, 11) is 1.74. The van der Waals surface area contributed by atoms with Crippen LogP contribution < -0.4 is 0 Å². The van der Waals surface area contributed by atoms with Crippen LogP contribution in [0.25, 0.3) is 10.9 Å². The van der Waals surface area contributed by atoms with Crippen molar-refractivity contribution in [1.82, 2.24) is 9.88 Å². The Bertz CT molecular complexity index is 1190. The summed E-state index contributed by atoms with van der Waals surface area (Å²) in [5, 5.41) is 24.1. The molecule has 0 spiro atoms. The van der Waals surface area contributed by atoms with Gasteiger partial charge >= 0.3 is 0 Å². The first-order chi connectivity index (χ1) is 15.5. The van der Waals surface area contributed by atoms with Crippen LogP contribution in [0.3, 0.4) is 0 Å². The van der Waals surface area contributed by atoms with Crippen LogP contribution >= 0.6 is 0 Å². The number of aliphatic hydroxyl groups is 1. The number of pyridine rings is 1. The van der Waals surface area contributed by atoms with Crippen LogP contribution in [0.5, 0.6) is 5.75 Å². The number of ether oxygens (including phenoxy) is 1. The van der Waals surface area contributed by atoms with Gasteiger partial charge in [0, 0.05) is 55.6 Å². The molecule has 1 aromatic heterocycles. The quantitative estimate of drug-likeness (QED) is 0.622. The maximum absolute atomic E-state index is 12.6. The van der Waals surface area contributed by atoms with Crippen molar-refractivity contribution in [3.63, 3.8) is 0 Å². The number of para-hydroxylation sites is 1. The maximum Gasteiger partial charge on any atom is 0.115 e. The fourth-order valence-electron chi connectivity index (χ4n) is 6.78. The third-order valence-corrected chi connectivity index (χ3v) is 8.28. The lowest BCUT2D eigenvalue weighted by molar-refractivity contribution is -0.151. The molecule has 166 valence electrons. The number of hydrogen-bond acceptors (Lipinski definition) is 5. The number of benzene rings is 2. The third-order valence-electron chi connectivity index (χ3n) is 8.28. The number of phenols is 1. The summed E-state index contributed by atoms with van der Waals surface area (Å²) in [6.07, 6.45) is 3.93. The zero-order valence-electron chi connectivity index (χ0n) is 18.6. The van der Waals surface area contributed by atoms with Crippen molar-refractivity contribution in [3.8, 4) is 5.75 Å². The summed E-state index contributed by atoms with van der Waals surface area (Å²) < 4.78 is 5.30. The Morgan fingerprint density at radius 3 is 2.88 bits per heavy atom. The molecule has 1 fully saturated rings. The van der Waals surface area contributed by atoms with Crippen molar-refractivity contribution in [2.45, 2.75) is 49.2 Å². The molecule has 5 heteroatoms. The van der Waals surface area contributed by atoms with Crippen molar-refractivity contribution in [1.29, 1.82) is 0 Å².